The van der Waals surface area contributed by atoms with Crippen molar-refractivity contribution in [1.82, 2.24) is 5.16 Å². The van der Waals surface area contributed by atoms with Crippen molar-refractivity contribution in [2.24, 2.45) is 0 Å². The van der Waals surface area contributed by atoms with Gasteiger partial charge >= 0.3 is 0 Å². The van der Waals surface area contributed by atoms with E-state index in [1.54, 1.807) is 6.20 Å². The molecule has 0 radical (unpaired) electrons. The second-order valence-electron chi connectivity index (χ2n) is 3.24. The van der Waals surface area contributed by atoms with E-state index in [9.17, 15) is 0 Å². The molecular formula is C11H10BrNO2. The van der Waals surface area contributed by atoms with Gasteiger partial charge in [0.15, 0.2) is 0 Å². The second kappa shape index (κ2) is 4.59. The van der Waals surface area contributed by atoms with E-state index in [1.807, 2.05) is 24.3 Å². The Balaban J connectivity index is 2.18. The average molecular weight is 268 g/mol. The molecule has 0 amide bonds. The fraction of sp³-hybridized carbons (Fsp3) is 0.182. The van der Waals surface area contributed by atoms with Gasteiger partial charge < -0.3 is 9.63 Å². The lowest BCUT2D eigenvalue weighted by molar-refractivity contribution is 0.277. The lowest BCUT2D eigenvalue weighted by Gasteiger charge is -1.99. The van der Waals surface area contributed by atoms with Crippen LogP contribution in [0.15, 0.2) is 39.5 Å². The highest BCUT2D eigenvalue weighted by atomic mass is 79.9. The summed E-state index contributed by atoms with van der Waals surface area (Å²) in [6, 6.07) is 7.97. The molecule has 0 saturated heterocycles. The maximum Gasteiger partial charge on any atom is 0.146 e. The number of rotatable bonds is 3. The molecule has 1 heterocycles. The second-order valence-corrected chi connectivity index (χ2v) is 4.15. The fourth-order valence-electron chi connectivity index (χ4n) is 1.35. The summed E-state index contributed by atoms with van der Waals surface area (Å²) >= 11 is 3.38. The molecule has 0 aliphatic carbocycles. The average Bonchev–Trinajstić information content (AvgIpc) is 2.69. The molecule has 0 fully saturated rings. The van der Waals surface area contributed by atoms with E-state index in [4.69, 9.17) is 9.63 Å². The molecule has 0 aliphatic rings. The van der Waals surface area contributed by atoms with Crippen molar-refractivity contribution >= 4 is 15.9 Å². The van der Waals surface area contributed by atoms with Gasteiger partial charge in [-0.1, -0.05) is 33.2 Å². The lowest BCUT2D eigenvalue weighted by Crippen LogP contribution is -1.91. The SMILES string of the molecule is OCc1cnoc1Cc1ccc(Br)cc1. The summed E-state index contributed by atoms with van der Waals surface area (Å²) in [5, 5.41) is 12.7. The van der Waals surface area contributed by atoms with Gasteiger partial charge in [-0.05, 0) is 17.7 Å². The summed E-state index contributed by atoms with van der Waals surface area (Å²) < 4.78 is 6.12. The first-order chi connectivity index (χ1) is 7.29. The molecule has 0 bridgehead atoms. The normalized spacial score (nSPS) is 10.5. The summed E-state index contributed by atoms with van der Waals surface area (Å²) in [5.41, 5.74) is 1.88. The van der Waals surface area contributed by atoms with Gasteiger partial charge in [0.1, 0.15) is 5.76 Å². The third kappa shape index (κ3) is 2.46. The molecule has 0 aliphatic heterocycles. The third-order valence-electron chi connectivity index (χ3n) is 2.18. The molecule has 78 valence electrons. The van der Waals surface area contributed by atoms with Crippen LogP contribution >= 0.6 is 15.9 Å². The molecule has 1 aromatic heterocycles. The van der Waals surface area contributed by atoms with Gasteiger partial charge in [0.2, 0.25) is 0 Å². The van der Waals surface area contributed by atoms with E-state index in [1.165, 1.54) is 0 Å². The van der Waals surface area contributed by atoms with Crippen LogP contribution in [-0.2, 0) is 13.0 Å². The quantitative estimate of drug-likeness (QED) is 0.930. The minimum Gasteiger partial charge on any atom is -0.391 e. The largest absolute Gasteiger partial charge is 0.391 e. The molecule has 15 heavy (non-hydrogen) atoms. The van der Waals surface area contributed by atoms with Crippen molar-refractivity contribution in [1.29, 1.82) is 0 Å². The zero-order valence-corrected chi connectivity index (χ0v) is 9.57. The number of benzene rings is 1. The highest BCUT2D eigenvalue weighted by Gasteiger charge is 2.07. The Bertz CT molecular complexity index is 436. The summed E-state index contributed by atoms with van der Waals surface area (Å²) in [5.74, 6) is 0.722. The lowest BCUT2D eigenvalue weighted by atomic mass is 10.1. The molecule has 1 N–H and O–H groups in total. The van der Waals surface area contributed by atoms with E-state index in [2.05, 4.69) is 21.1 Å². The van der Waals surface area contributed by atoms with E-state index in [0.29, 0.717) is 6.42 Å². The Morgan fingerprint density at radius 3 is 2.67 bits per heavy atom. The zero-order valence-electron chi connectivity index (χ0n) is 7.98. The van der Waals surface area contributed by atoms with E-state index in [0.717, 1.165) is 21.4 Å². The van der Waals surface area contributed by atoms with Gasteiger partial charge in [0.05, 0.1) is 12.8 Å². The van der Waals surface area contributed by atoms with Crippen LogP contribution in [0.4, 0.5) is 0 Å². The molecule has 4 heteroatoms. The molecule has 2 rings (SSSR count). The topological polar surface area (TPSA) is 46.3 Å². The Morgan fingerprint density at radius 2 is 2.00 bits per heavy atom. The monoisotopic (exact) mass is 267 g/mol. The molecule has 2 aromatic rings. The predicted octanol–water partition coefficient (Wildman–Crippen LogP) is 2.52. The molecular weight excluding hydrogens is 258 g/mol. The third-order valence-corrected chi connectivity index (χ3v) is 2.71. The Hall–Kier alpha value is -1.13. The van der Waals surface area contributed by atoms with Gasteiger partial charge in [-0.25, -0.2) is 0 Å². The summed E-state index contributed by atoms with van der Waals surface area (Å²) in [7, 11) is 0. The number of aliphatic hydroxyl groups is 1. The minimum absolute atomic E-state index is 0.0324. The van der Waals surface area contributed by atoms with Crippen LogP contribution in [-0.4, -0.2) is 10.3 Å². The van der Waals surface area contributed by atoms with Crippen LogP contribution in [0.25, 0.3) is 0 Å². The van der Waals surface area contributed by atoms with Crippen LogP contribution in [0.1, 0.15) is 16.9 Å². The molecule has 1 aromatic carbocycles. The number of hydrogen-bond donors (Lipinski definition) is 1. The Kier molecular flexibility index (Phi) is 3.18. The van der Waals surface area contributed by atoms with Crippen molar-refractivity contribution in [3.05, 3.63) is 51.8 Å². The van der Waals surface area contributed by atoms with Gasteiger partial charge in [0.25, 0.3) is 0 Å². The smallest absolute Gasteiger partial charge is 0.146 e. The Labute approximate surface area is 95.8 Å². The van der Waals surface area contributed by atoms with Crippen molar-refractivity contribution in [3.63, 3.8) is 0 Å². The predicted molar refractivity (Wildman–Crippen MR) is 59.4 cm³/mol. The summed E-state index contributed by atoms with van der Waals surface area (Å²) in [4.78, 5) is 0. The molecule has 0 unspecified atom stereocenters. The van der Waals surface area contributed by atoms with Crippen LogP contribution < -0.4 is 0 Å². The standard InChI is InChI=1S/C11H10BrNO2/c12-10-3-1-8(2-4-10)5-11-9(7-14)6-13-15-11/h1-4,6,14H,5,7H2. The molecule has 0 atom stereocenters. The number of aliphatic hydroxyl groups excluding tert-OH is 1. The Morgan fingerprint density at radius 1 is 1.27 bits per heavy atom. The van der Waals surface area contributed by atoms with Gasteiger partial charge in [0, 0.05) is 16.5 Å². The van der Waals surface area contributed by atoms with Gasteiger partial charge in [-0.15, -0.1) is 0 Å². The highest BCUT2D eigenvalue weighted by molar-refractivity contribution is 9.10. The molecule has 0 spiro atoms. The summed E-state index contributed by atoms with van der Waals surface area (Å²) in [6.07, 6.45) is 2.21. The maximum absolute atomic E-state index is 9.02. The van der Waals surface area contributed by atoms with Crippen LogP contribution in [0.3, 0.4) is 0 Å². The van der Waals surface area contributed by atoms with Crippen LogP contribution in [0, 0.1) is 0 Å². The van der Waals surface area contributed by atoms with Crippen LogP contribution in [0.2, 0.25) is 0 Å². The van der Waals surface area contributed by atoms with Crippen molar-refractivity contribution in [2.75, 3.05) is 0 Å². The van der Waals surface area contributed by atoms with Crippen molar-refractivity contribution in [2.45, 2.75) is 13.0 Å². The van der Waals surface area contributed by atoms with Gasteiger partial charge in [-0.3, -0.25) is 0 Å². The number of halogens is 1. The first-order valence-electron chi connectivity index (χ1n) is 4.57. The fourth-order valence-corrected chi connectivity index (χ4v) is 1.61. The number of aromatic nitrogens is 1. The maximum atomic E-state index is 9.02. The zero-order chi connectivity index (χ0) is 10.7. The van der Waals surface area contributed by atoms with E-state index >= 15 is 0 Å². The first-order valence-corrected chi connectivity index (χ1v) is 5.36. The van der Waals surface area contributed by atoms with Crippen molar-refractivity contribution in [3.8, 4) is 0 Å². The number of nitrogens with zero attached hydrogens (tertiary/aromatic N) is 1. The van der Waals surface area contributed by atoms with Crippen molar-refractivity contribution < 1.29 is 9.63 Å². The van der Waals surface area contributed by atoms with E-state index in [-0.39, 0.29) is 6.61 Å². The van der Waals surface area contributed by atoms with Crippen LogP contribution in [0.5, 0.6) is 0 Å². The molecule has 0 saturated carbocycles. The van der Waals surface area contributed by atoms with Gasteiger partial charge in [-0.2, -0.15) is 0 Å². The number of hydrogen-bond acceptors (Lipinski definition) is 3. The minimum atomic E-state index is -0.0324. The summed E-state index contributed by atoms with van der Waals surface area (Å²) in [6.45, 7) is -0.0324. The highest BCUT2D eigenvalue weighted by Crippen LogP contribution is 2.16. The first kappa shape index (κ1) is 10.4. The van der Waals surface area contributed by atoms with E-state index < -0.39 is 0 Å². The molecule has 3 nitrogen and oxygen atoms in total.